The van der Waals surface area contributed by atoms with Crippen LogP contribution < -0.4 is 5.73 Å². The molecule has 2 aromatic carbocycles. The van der Waals surface area contributed by atoms with Gasteiger partial charge in [0.25, 0.3) is 5.69 Å². The van der Waals surface area contributed by atoms with Gasteiger partial charge in [-0.05, 0) is 25.0 Å². The second-order valence-corrected chi connectivity index (χ2v) is 7.49. The molecule has 0 aliphatic carbocycles. The summed E-state index contributed by atoms with van der Waals surface area (Å²) in [6.07, 6.45) is 0.536. The Hall–Kier alpha value is -2.00. The van der Waals surface area contributed by atoms with Crippen molar-refractivity contribution in [1.82, 2.24) is 4.31 Å². The molecule has 2 rings (SSSR count). The van der Waals surface area contributed by atoms with Gasteiger partial charge in [0.1, 0.15) is 0 Å². The van der Waals surface area contributed by atoms with E-state index in [9.17, 15) is 18.5 Å². The number of nitro groups is 1. The molecule has 0 bridgehead atoms. The van der Waals surface area contributed by atoms with Gasteiger partial charge in [-0.25, -0.2) is 8.42 Å². The normalized spacial score (nSPS) is 11.2. The summed E-state index contributed by atoms with van der Waals surface area (Å²) in [6, 6.07) is 13.6. The van der Waals surface area contributed by atoms with Crippen LogP contribution in [0.1, 0.15) is 11.1 Å². The number of hydrogen-bond donors (Lipinski definition) is 1. The third-order valence-electron chi connectivity index (χ3n) is 3.94. The molecule has 0 aliphatic heterocycles. The van der Waals surface area contributed by atoms with E-state index in [4.69, 9.17) is 5.73 Å². The zero-order valence-electron chi connectivity index (χ0n) is 14.4. The van der Waals surface area contributed by atoms with E-state index in [1.54, 1.807) is 0 Å². The first-order chi connectivity index (χ1) is 11.9. The molecule has 0 aromatic heterocycles. The lowest BCUT2D eigenvalue weighted by Gasteiger charge is -2.22. The molecule has 7 nitrogen and oxygen atoms in total. The average Bonchev–Trinajstić information content (AvgIpc) is 2.59. The van der Waals surface area contributed by atoms with Crippen LogP contribution in [0.15, 0.2) is 53.4 Å². The van der Waals surface area contributed by atoms with Crippen molar-refractivity contribution in [3.8, 4) is 0 Å². The number of benzene rings is 2. The predicted molar refractivity (Wildman–Crippen MR) is 103 cm³/mol. The van der Waals surface area contributed by atoms with Crippen LogP contribution in [0.5, 0.6) is 0 Å². The smallest absolute Gasteiger partial charge is 0.273 e. The summed E-state index contributed by atoms with van der Waals surface area (Å²) in [6.45, 7) is 2.02. The SMILES string of the molecule is Cc1c([N+](=O)[O-])cccc1S(=O)(=O)N(CCN)CCc1ccccc1.Cl. The lowest BCUT2D eigenvalue weighted by atomic mass is 10.1. The number of halogens is 1. The highest BCUT2D eigenvalue weighted by molar-refractivity contribution is 7.89. The molecule has 0 fully saturated rings. The minimum atomic E-state index is -3.87. The summed E-state index contributed by atoms with van der Waals surface area (Å²) in [5, 5.41) is 11.1. The topological polar surface area (TPSA) is 107 Å². The first-order valence-corrected chi connectivity index (χ1v) is 9.30. The lowest BCUT2D eigenvalue weighted by Crippen LogP contribution is -2.37. The van der Waals surface area contributed by atoms with Crippen LogP contribution in [0, 0.1) is 17.0 Å². The van der Waals surface area contributed by atoms with Crippen molar-refractivity contribution in [1.29, 1.82) is 0 Å². The molecule has 0 amide bonds. The first kappa shape index (κ1) is 22.0. The fourth-order valence-electron chi connectivity index (χ4n) is 2.61. The highest BCUT2D eigenvalue weighted by atomic mass is 35.5. The van der Waals surface area contributed by atoms with Crippen LogP contribution in [-0.4, -0.2) is 37.3 Å². The van der Waals surface area contributed by atoms with Gasteiger partial charge in [0.05, 0.1) is 9.82 Å². The molecule has 0 saturated carbocycles. The van der Waals surface area contributed by atoms with E-state index < -0.39 is 14.9 Å². The number of hydrogen-bond acceptors (Lipinski definition) is 5. The van der Waals surface area contributed by atoms with Gasteiger partial charge in [0.2, 0.25) is 10.0 Å². The monoisotopic (exact) mass is 399 g/mol. The van der Waals surface area contributed by atoms with Crippen LogP contribution in [0.2, 0.25) is 0 Å². The molecule has 0 radical (unpaired) electrons. The zero-order chi connectivity index (χ0) is 18.4. The standard InChI is InChI=1S/C17H21N3O4S.ClH/c1-14-16(20(21)22)8-5-9-17(14)25(23,24)19(13-11-18)12-10-15-6-3-2-4-7-15;/h2-9H,10-13,18H2,1H3;1H. The van der Waals surface area contributed by atoms with Crippen molar-refractivity contribution < 1.29 is 13.3 Å². The molecular weight excluding hydrogens is 378 g/mol. The summed E-state index contributed by atoms with van der Waals surface area (Å²) in [4.78, 5) is 10.5. The molecule has 0 aliphatic rings. The van der Waals surface area contributed by atoms with Crippen molar-refractivity contribution in [2.75, 3.05) is 19.6 Å². The third kappa shape index (κ3) is 5.01. The van der Waals surface area contributed by atoms with Crippen molar-refractivity contribution in [3.63, 3.8) is 0 Å². The average molecular weight is 400 g/mol. The summed E-state index contributed by atoms with van der Waals surface area (Å²) >= 11 is 0. The van der Waals surface area contributed by atoms with Gasteiger partial charge in [-0.3, -0.25) is 10.1 Å². The molecule has 0 saturated heterocycles. The second kappa shape index (κ2) is 9.63. The highest BCUT2D eigenvalue weighted by Gasteiger charge is 2.28. The van der Waals surface area contributed by atoms with E-state index in [1.165, 1.54) is 29.4 Å². The second-order valence-electron chi connectivity index (χ2n) is 5.59. The van der Waals surface area contributed by atoms with Gasteiger partial charge in [0.15, 0.2) is 0 Å². The van der Waals surface area contributed by atoms with Gasteiger partial charge in [-0.15, -0.1) is 12.4 Å². The number of nitro benzene ring substituents is 1. The van der Waals surface area contributed by atoms with Crippen molar-refractivity contribution in [3.05, 3.63) is 69.8 Å². The third-order valence-corrected chi connectivity index (χ3v) is 5.98. The first-order valence-electron chi connectivity index (χ1n) is 7.86. The lowest BCUT2D eigenvalue weighted by molar-refractivity contribution is -0.385. The number of nitrogens with zero attached hydrogens (tertiary/aromatic N) is 2. The van der Waals surface area contributed by atoms with Crippen molar-refractivity contribution in [2.45, 2.75) is 18.2 Å². The molecular formula is C17H22ClN3O4S. The van der Waals surface area contributed by atoms with Gasteiger partial charge in [-0.2, -0.15) is 4.31 Å². The van der Waals surface area contributed by atoms with E-state index in [0.717, 1.165) is 5.56 Å². The van der Waals surface area contributed by atoms with E-state index in [0.29, 0.717) is 6.42 Å². The Morgan fingerprint density at radius 2 is 1.73 bits per heavy atom. The maximum absolute atomic E-state index is 13.0. The Labute approximate surface area is 159 Å². The number of nitrogens with two attached hydrogens (primary N) is 1. The molecule has 0 atom stereocenters. The number of rotatable bonds is 8. The van der Waals surface area contributed by atoms with E-state index in [-0.39, 0.29) is 48.2 Å². The Kier molecular flexibility index (Phi) is 8.16. The molecule has 9 heteroatoms. The maximum atomic E-state index is 13.0. The Morgan fingerprint density at radius 1 is 1.08 bits per heavy atom. The molecule has 0 heterocycles. The molecule has 0 spiro atoms. The van der Waals surface area contributed by atoms with Crippen LogP contribution in [0.25, 0.3) is 0 Å². The van der Waals surface area contributed by atoms with Gasteiger partial charge >= 0.3 is 0 Å². The molecule has 26 heavy (non-hydrogen) atoms. The van der Waals surface area contributed by atoms with Crippen molar-refractivity contribution in [2.24, 2.45) is 5.73 Å². The molecule has 2 aromatic rings. The minimum Gasteiger partial charge on any atom is -0.329 e. The molecule has 2 N–H and O–H groups in total. The van der Waals surface area contributed by atoms with E-state index in [1.807, 2.05) is 30.3 Å². The fraction of sp³-hybridized carbons (Fsp3) is 0.294. The number of sulfonamides is 1. The van der Waals surface area contributed by atoms with Gasteiger partial charge in [-0.1, -0.05) is 36.4 Å². The molecule has 0 unspecified atom stereocenters. The van der Waals surface area contributed by atoms with Crippen LogP contribution in [-0.2, 0) is 16.4 Å². The van der Waals surface area contributed by atoms with E-state index >= 15 is 0 Å². The maximum Gasteiger partial charge on any atom is 0.273 e. The fourth-order valence-corrected chi connectivity index (χ4v) is 4.31. The highest BCUT2D eigenvalue weighted by Crippen LogP contribution is 2.27. The molecule has 142 valence electrons. The minimum absolute atomic E-state index is 0. The Morgan fingerprint density at radius 3 is 2.31 bits per heavy atom. The van der Waals surface area contributed by atoms with Crippen LogP contribution >= 0.6 is 12.4 Å². The Balaban J connectivity index is 0.00000338. The summed E-state index contributed by atoms with van der Waals surface area (Å²) in [7, 11) is -3.87. The zero-order valence-corrected chi connectivity index (χ0v) is 16.0. The largest absolute Gasteiger partial charge is 0.329 e. The van der Waals surface area contributed by atoms with Gasteiger partial charge < -0.3 is 5.73 Å². The summed E-state index contributed by atoms with van der Waals surface area (Å²) < 4.78 is 27.3. The predicted octanol–water partition coefficient (Wildman–Crippen LogP) is 2.52. The van der Waals surface area contributed by atoms with Crippen LogP contribution in [0.3, 0.4) is 0 Å². The van der Waals surface area contributed by atoms with Gasteiger partial charge in [0, 0.05) is 31.3 Å². The summed E-state index contributed by atoms with van der Waals surface area (Å²) in [5.41, 5.74) is 6.51. The quantitative estimate of drug-likeness (QED) is 0.542. The van der Waals surface area contributed by atoms with E-state index in [2.05, 4.69) is 0 Å². The Bertz CT molecular complexity index is 844. The van der Waals surface area contributed by atoms with Crippen molar-refractivity contribution >= 4 is 28.1 Å². The van der Waals surface area contributed by atoms with Crippen LogP contribution in [0.4, 0.5) is 5.69 Å². The summed E-state index contributed by atoms with van der Waals surface area (Å²) in [5.74, 6) is 0.